The third-order valence-electron chi connectivity index (χ3n) is 3.23. The van der Waals surface area contributed by atoms with E-state index < -0.39 is 10.0 Å². The zero-order chi connectivity index (χ0) is 16.4. The first kappa shape index (κ1) is 16.3. The summed E-state index contributed by atoms with van der Waals surface area (Å²) in [4.78, 5) is 4.19. The highest BCUT2D eigenvalue weighted by Gasteiger charge is 2.17. The second-order valence-electron chi connectivity index (χ2n) is 5.97. The lowest BCUT2D eigenvalue weighted by Crippen LogP contribution is -2.15. The number of aromatic nitrogens is 1. The van der Waals surface area contributed by atoms with Gasteiger partial charge in [-0.3, -0.25) is 4.72 Å². The number of hydrogen-bond donors (Lipinski definition) is 1. The minimum Gasteiger partial charge on any atom is -0.481 e. The summed E-state index contributed by atoms with van der Waals surface area (Å²) in [5.41, 5.74) is 1.45. The van der Waals surface area contributed by atoms with Crippen molar-refractivity contribution in [2.24, 2.45) is 0 Å². The molecule has 0 fully saturated rings. The summed E-state index contributed by atoms with van der Waals surface area (Å²) in [6.07, 6.45) is 1.42. The van der Waals surface area contributed by atoms with Gasteiger partial charge in [0.15, 0.2) is 0 Å². The Morgan fingerprint density at radius 1 is 1.05 bits per heavy atom. The summed E-state index contributed by atoms with van der Waals surface area (Å²) < 4.78 is 32.1. The normalized spacial score (nSPS) is 12.0. The number of rotatable bonds is 4. The van der Waals surface area contributed by atoms with Crippen LogP contribution in [0.15, 0.2) is 47.5 Å². The van der Waals surface area contributed by atoms with Crippen LogP contribution in [0.1, 0.15) is 26.3 Å². The molecule has 0 spiro atoms. The molecule has 0 bridgehead atoms. The van der Waals surface area contributed by atoms with Crippen molar-refractivity contribution in [3.63, 3.8) is 0 Å². The second-order valence-corrected chi connectivity index (χ2v) is 7.65. The summed E-state index contributed by atoms with van der Waals surface area (Å²) in [5.74, 6) is 0.428. The maximum absolute atomic E-state index is 12.3. The first-order chi connectivity index (χ1) is 10.2. The Balaban J connectivity index is 2.22. The van der Waals surface area contributed by atoms with Gasteiger partial charge in [0.2, 0.25) is 5.88 Å². The quantitative estimate of drug-likeness (QED) is 0.939. The lowest BCUT2D eigenvalue weighted by molar-refractivity contribution is 0.398. The Morgan fingerprint density at radius 2 is 1.68 bits per heavy atom. The molecule has 6 heteroatoms. The fourth-order valence-electron chi connectivity index (χ4n) is 1.91. The summed E-state index contributed by atoms with van der Waals surface area (Å²) in [7, 11) is -2.12. The smallest absolute Gasteiger partial charge is 0.261 e. The molecular weight excluding hydrogens is 300 g/mol. The number of benzene rings is 1. The first-order valence-corrected chi connectivity index (χ1v) is 8.34. The Hall–Kier alpha value is -2.08. The van der Waals surface area contributed by atoms with Gasteiger partial charge in [-0.1, -0.05) is 32.9 Å². The van der Waals surface area contributed by atoms with E-state index in [9.17, 15) is 8.42 Å². The first-order valence-electron chi connectivity index (χ1n) is 6.86. The second kappa shape index (κ2) is 5.96. The van der Waals surface area contributed by atoms with E-state index in [0.29, 0.717) is 11.6 Å². The van der Waals surface area contributed by atoms with Crippen LogP contribution >= 0.6 is 0 Å². The van der Waals surface area contributed by atoms with E-state index in [0.717, 1.165) is 5.56 Å². The summed E-state index contributed by atoms with van der Waals surface area (Å²) in [6, 6.07) is 10.1. The third kappa shape index (κ3) is 3.76. The van der Waals surface area contributed by atoms with Crippen LogP contribution in [0.5, 0.6) is 5.88 Å². The molecule has 2 aromatic rings. The van der Waals surface area contributed by atoms with Crippen LogP contribution in [0.25, 0.3) is 0 Å². The number of hydrogen-bond acceptors (Lipinski definition) is 4. The molecule has 0 amide bonds. The van der Waals surface area contributed by atoms with Crippen molar-refractivity contribution >= 4 is 15.7 Å². The number of ether oxygens (including phenoxy) is 1. The van der Waals surface area contributed by atoms with Crippen molar-refractivity contribution in [2.75, 3.05) is 11.8 Å². The highest BCUT2D eigenvalue weighted by atomic mass is 32.2. The van der Waals surface area contributed by atoms with E-state index in [1.54, 1.807) is 24.3 Å². The average molecular weight is 320 g/mol. The van der Waals surface area contributed by atoms with Crippen LogP contribution in [0.4, 0.5) is 5.69 Å². The molecule has 0 saturated heterocycles. The molecule has 0 aliphatic heterocycles. The maximum Gasteiger partial charge on any atom is 0.261 e. The maximum atomic E-state index is 12.3. The minimum atomic E-state index is -3.63. The summed E-state index contributed by atoms with van der Waals surface area (Å²) in [6.45, 7) is 6.24. The van der Waals surface area contributed by atoms with Gasteiger partial charge in [-0.2, -0.15) is 0 Å². The van der Waals surface area contributed by atoms with E-state index >= 15 is 0 Å². The monoisotopic (exact) mass is 320 g/mol. The lowest BCUT2D eigenvalue weighted by atomic mass is 9.87. The molecule has 5 nitrogen and oxygen atoms in total. The fraction of sp³-hybridized carbons (Fsp3) is 0.312. The van der Waals surface area contributed by atoms with Crippen molar-refractivity contribution in [3.05, 3.63) is 48.2 Å². The number of methoxy groups -OCH3 is 1. The van der Waals surface area contributed by atoms with Crippen molar-refractivity contribution in [1.29, 1.82) is 0 Å². The number of nitrogens with one attached hydrogen (secondary N) is 1. The highest BCUT2D eigenvalue weighted by molar-refractivity contribution is 7.92. The molecule has 0 radical (unpaired) electrons. The largest absolute Gasteiger partial charge is 0.481 e. The minimum absolute atomic E-state index is 0.0182. The Morgan fingerprint density at radius 3 is 2.14 bits per heavy atom. The van der Waals surface area contributed by atoms with Gasteiger partial charge >= 0.3 is 0 Å². The number of nitrogens with zero attached hydrogens (tertiary/aromatic N) is 1. The van der Waals surface area contributed by atoms with Gasteiger partial charge in [0, 0.05) is 6.07 Å². The molecule has 1 N–H and O–H groups in total. The predicted octanol–water partition coefficient (Wildman–Crippen LogP) is 3.19. The topological polar surface area (TPSA) is 68.3 Å². The molecule has 0 unspecified atom stereocenters. The molecule has 0 aliphatic carbocycles. The van der Waals surface area contributed by atoms with Crippen LogP contribution in [-0.4, -0.2) is 20.5 Å². The Labute approximate surface area is 131 Å². The highest BCUT2D eigenvalue weighted by Crippen LogP contribution is 2.24. The van der Waals surface area contributed by atoms with Crippen LogP contribution in [-0.2, 0) is 15.4 Å². The fourth-order valence-corrected chi connectivity index (χ4v) is 2.95. The molecule has 118 valence electrons. The average Bonchev–Trinajstić information content (AvgIpc) is 2.47. The molecule has 0 saturated carbocycles. The number of sulfonamides is 1. The predicted molar refractivity (Wildman–Crippen MR) is 86.7 cm³/mol. The van der Waals surface area contributed by atoms with Gasteiger partial charge in [-0.25, -0.2) is 13.4 Å². The van der Waals surface area contributed by atoms with Crippen molar-refractivity contribution in [1.82, 2.24) is 4.98 Å². The zero-order valence-electron chi connectivity index (χ0n) is 13.1. The molecule has 1 heterocycles. The van der Waals surface area contributed by atoms with Crippen LogP contribution in [0, 0.1) is 0 Å². The van der Waals surface area contributed by atoms with E-state index in [1.807, 2.05) is 12.1 Å². The van der Waals surface area contributed by atoms with E-state index in [1.165, 1.54) is 13.3 Å². The number of pyridine rings is 1. The van der Waals surface area contributed by atoms with Gasteiger partial charge in [-0.15, -0.1) is 0 Å². The van der Waals surface area contributed by atoms with Gasteiger partial charge in [-0.05, 0) is 29.2 Å². The third-order valence-corrected chi connectivity index (χ3v) is 4.63. The summed E-state index contributed by atoms with van der Waals surface area (Å²) in [5, 5.41) is 0. The van der Waals surface area contributed by atoms with Crippen LogP contribution < -0.4 is 9.46 Å². The van der Waals surface area contributed by atoms with Crippen molar-refractivity contribution in [2.45, 2.75) is 31.1 Å². The van der Waals surface area contributed by atoms with Crippen LogP contribution in [0.3, 0.4) is 0 Å². The molecule has 22 heavy (non-hydrogen) atoms. The Bertz CT molecular complexity index is 730. The molecular formula is C16H20N2O3S. The standard InChI is InChI=1S/C16H20N2O3S/c1-16(2,3)12-5-8-14(9-6-12)22(19,20)18-13-7-10-15(21-4)17-11-13/h5-11,18H,1-4H3. The molecule has 1 aromatic carbocycles. The van der Waals surface area contributed by atoms with E-state index in [-0.39, 0.29) is 10.3 Å². The van der Waals surface area contributed by atoms with Crippen LogP contribution in [0.2, 0.25) is 0 Å². The van der Waals surface area contributed by atoms with E-state index in [2.05, 4.69) is 30.5 Å². The van der Waals surface area contributed by atoms with Gasteiger partial charge in [0.05, 0.1) is 23.9 Å². The van der Waals surface area contributed by atoms with Crippen molar-refractivity contribution in [3.8, 4) is 5.88 Å². The number of anilines is 1. The molecule has 1 aromatic heterocycles. The zero-order valence-corrected chi connectivity index (χ0v) is 13.9. The molecule has 0 aliphatic rings. The van der Waals surface area contributed by atoms with Gasteiger partial charge in [0.25, 0.3) is 10.0 Å². The van der Waals surface area contributed by atoms with Crippen molar-refractivity contribution < 1.29 is 13.2 Å². The molecule has 2 rings (SSSR count). The van der Waals surface area contributed by atoms with Gasteiger partial charge < -0.3 is 4.74 Å². The van der Waals surface area contributed by atoms with Gasteiger partial charge in [0.1, 0.15) is 0 Å². The Kier molecular flexibility index (Phi) is 4.42. The van der Waals surface area contributed by atoms with E-state index in [4.69, 9.17) is 4.74 Å². The SMILES string of the molecule is COc1ccc(NS(=O)(=O)c2ccc(C(C)(C)C)cc2)cn1. The lowest BCUT2D eigenvalue weighted by Gasteiger charge is -2.19. The molecule has 0 atom stereocenters. The summed E-state index contributed by atoms with van der Waals surface area (Å²) >= 11 is 0.